The van der Waals surface area contributed by atoms with E-state index >= 15 is 0 Å². The number of nitrogens with one attached hydrogen (secondary N) is 2. The van der Waals surface area contributed by atoms with Crippen molar-refractivity contribution in [2.45, 2.75) is 59.2 Å². The lowest BCUT2D eigenvalue weighted by Crippen LogP contribution is -2.53. The van der Waals surface area contributed by atoms with Crippen LogP contribution in [-0.2, 0) is 20.8 Å². The highest BCUT2D eigenvalue weighted by atomic mass is 16.2. The number of rotatable bonds is 12. The molecule has 1 aliphatic heterocycles. The highest BCUT2D eigenvalue weighted by molar-refractivity contribution is 6.19. The number of hydrogen-bond donors (Lipinski definition) is 2. The van der Waals surface area contributed by atoms with Crippen molar-refractivity contribution in [2.24, 2.45) is 4.99 Å². The van der Waals surface area contributed by atoms with Crippen molar-refractivity contribution in [1.82, 2.24) is 20.5 Å². The molecule has 9 nitrogen and oxygen atoms in total. The summed E-state index contributed by atoms with van der Waals surface area (Å²) in [4.78, 5) is 53.4. The molecule has 0 bridgehead atoms. The van der Waals surface area contributed by atoms with E-state index in [1.165, 1.54) is 5.56 Å². The Bertz CT molecular complexity index is 1430. The first-order valence-corrected chi connectivity index (χ1v) is 15.0. The summed E-state index contributed by atoms with van der Waals surface area (Å²) in [5, 5.41) is 5.57. The van der Waals surface area contributed by atoms with E-state index in [9.17, 15) is 14.4 Å². The van der Waals surface area contributed by atoms with E-state index in [0.717, 1.165) is 24.2 Å². The van der Waals surface area contributed by atoms with Gasteiger partial charge in [0.05, 0.1) is 23.5 Å². The lowest BCUT2D eigenvalue weighted by atomic mass is 10.0. The first-order valence-electron chi connectivity index (χ1n) is 15.0. The number of benzene rings is 2. The highest BCUT2D eigenvalue weighted by Crippen LogP contribution is 2.27. The number of aliphatic imine (C=N–C) groups is 1. The van der Waals surface area contributed by atoms with E-state index in [1.54, 1.807) is 18.0 Å². The number of hydrogen-bond acceptors (Lipinski definition) is 6. The Morgan fingerprint density at radius 3 is 2.30 bits per heavy atom. The van der Waals surface area contributed by atoms with Crippen LogP contribution >= 0.6 is 0 Å². The van der Waals surface area contributed by atoms with Crippen LogP contribution in [0.3, 0.4) is 0 Å². The quantitative estimate of drug-likeness (QED) is 0.337. The minimum Gasteiger partial charge on any atom is -0.344 e. The molecular weight excluding hydrogens is 540 g/mol. The number of anilines is 1. The van der Waals surface area contributed by atoms with E-state index in [0.29, 0.717) is 36.1 Å². The Morgan fingerprint density at radius 2 is 1.65 bits per heavy atom. The van der Waals surface area contributed by atoms with Crippen molar-refractivity contribution < 1.29 is 14.4 Å². The largest absolute Gasteiger partial charge is 0.344 e. The Kier molecular flexibility index (Phi) is 10.8. The van der Waals surface area contributed by atoms with Crippen LogP contribution in [0.1, 0.15) is 62.9 Å². The number of amides is 3. The molecule has 0 fully saturated rings. The number of aromatic nitrogens is 1. The van der Waals surface area contributed by atoms with Crippen molar-refractivity contribution in [3.8, 4) is 0 Å². The van der Waals surface area contributed by atoms with Crippen molar-refractivity contribution in [3.05, 3.63) is 95.3 Å². The average Bonchev–Trinajstić information content (AvgIpc) is 3.12. The average molecular weight is 583 g/mol. The minimum atomic E-state index is -1.20. The molecule has 43 heavy (non-hydrogen) atoms. The monoisotopic (exact) mass is 582 g/mol. The smallest absolute Gasteiger partial charge is 0.272 e. The summed E-state index contributed by atoms with van der Waals surface area (Å²) in [5.74, 6) is -0.721. The number of fused-ring (bicyclic) bond motifs is 1. The van der Waals surface area contributed by atoms with Gasteiger partial charge in [-0.25, -0.2) is 4.99 Å². The van der Waals surface area contributed by atoms with E-state index in [1.807, 2.05) is 66.7 Å². The fourth-order valence-corrected chi connectivity index (χ4v) is 5.07. The van der Waals surface area contributed by atoms with Gasteiger partial charge in [0.25, 0.3) is 5.91 Å². The molecule has 0 spiro atoms. The van der Waals surface area contributed by atoms with Crippen LogP contribution in [0, 0.1) is 0 Å². The van der Waals surface area contributed by atoms with Gasteiger partial charge in [0.2, 0.25) is 18.0 Å². The van der Waals surface area contributed by atoms with Gasteiger partial charge in [-0.05, 0) is 55.3 Å². The molecule has 0 radical (unpaired) electrons. The number of para-hydroxylation sites is 1. The zero-order valence-corrected chi connectivity index (χ0v) is 25.7. The van der Waals surface area contributed by atoms with Gasteiger partial charge in [-0.1, -0.05) is 76.2 Å². The number of carbonyl (C=O) groups excluding carboxylic acids is 3. The number of pyridine rings is 1. The van der Waals surface area contributed by atoms with Crippen molar-refractivity contribution in [1.29, 1.82) is 0 Å². The zero-order chi connectivity index (χ0) is 30.9. The van der Waals surface area contributed by atoms with Crippen LogP contribution < -0.4 is 15.5 Å². The molecule has 3 amide bonds. The molecule has 0 saturated carbocycles. The second-order valence-electron chi connectivity index (χ2n) is 11.0. The van der Waals surface area contributed by atoms with E-state index in [4.69, 9.17) is 4.99 Å². The maximum atomic E-state index is 14.0. The number of benzodiazepines with no additional fused rings is 1. The van der Waals surface area contributed by atoms with Gasteiger partial charge in [-0.3, -0.25) is 19.4 Å². The van der Waals surface area contributed by atoms with Crippen molar-refractivity contribution in [2.75, 3.05) is 31.1 Å². The molecule has 1 unspecified atom stereocenters. The third-order valence-electron chi connectivity index (χ3n) is 7.71. The maximum absolute atomic E-state index is 14.0. The molecule has 2 atom stereocenters. The predicted octanol–water partition coefficient (Wildman–Crippen LogP) is 3.92. The van der Waals surface area contributed by atoms with Gasteiger partial charge in [0.1, 0.15) is 6.04 Å². The minimum absolute atomic E-state index is 0.148. The molecule has 226 valence electrons. The summed E-state index contributed by atoms with van der Waals surface area (Å²) >= 11 is 0. The van der Waals surface area contributed by atoms with Gasteiger partial charge in [-0.2, -0.15) is 0 Å². The van der Waals surface area contributed by atoms with Gasteiger partial charge in [-0.15, -0.1) is 0 Å². The summed E-state index contributed by atoms with van der Waals surface area (Å²) in [6.45, 7) is 12.8. The molecule has 1 aliphatic rings. The zero-order valence-electron chi connectivity index (χ0n) is 25.7. The predicted molar refractivity (Wildman–Crippen MR) is 170 cm³/mol. The second kappa shape index (κ2) is 14.7. The van der Waals surface area contributed by atoms with E-state index < -0.39 is 18.1 Å². The fraction of sp³-hybridized carbons (Fsp3) is 0.382. The molecular formula is C34H42N6O3. The fourth-order valence-electron chi connectivity index (χ4n) is 5.07. The van der Waals surface area contributed by atoms with E-state index in [2.05, 4.69) is 48.2 Å². The van der Waals surface area contributed by atoms with E-state index in [-0.39, 0.29) is 18.2 Å². The van der Waals surface area contributed by atoms with Crippen LogP contribution in [-0.4, -0.2) is 71.7 Å². The standard InChI is InChI=1S/C34H42N6O3/c1-6-39(7-2)20-21-40-29-14-9-8-12-27(29)31(28-13-10-11-19-35-28)37-32(34(40)43)38-33(42)24(5)36-30(41)22-25-15-17-26(18-16-25)23(3)4/h8-19,23-24,32H,6-7,20-22H2,1-5H3,(H,36,41)(H,38,42)/t24-,32?/m0/s1. The summed E-state index contributed by atoms with van der Waals surface area (Å²) in [6.07, 6.45) is 0.623. The normalized spacial score (nSPS) is 15.5. The molecule has 2 aromatic carbocycles. The third kappa shape index (κ3) is 7.93. The van der Waals surface area contributed by atoms with Gasteiger partial charge in [0, 0.05) is 24.8 Å². The van der Waals surface area contributed by atoms with Gasteiger partial charge in [0.15, 0.2) is 0 Å². The molecule has 9 heteroatoms. The Balaban J connectivity index is 1.56. The van der Waals surface area contributed by atoms with Crippen molar-refractivity contribution >= 4 is 29.1 Å². The lowest BCUT2D eigenvalue weighted by Gasteiger charge is -2.28. The van der Waals surface area contributed by atoms with Gasteiger partial charge < -0.3 is 20.4 Å². The van der Waals surface area contributed by atoms with Crippen LogP contribution in [0.15, 0.2) is 77.9 Å². The molecule has 0 saturated heterocycles. The molecule has 0 aliphatic carbocycles. The molecule has 2 N–H and O–H groups in total. The SMILES string of the molecule is CCN(CC)CCN1C(=O)C(NC(=O)[C@H](C)NC(=O)Cc2ccc(C(C)C)cc2)N=C(c2ccccn2)c2ccccc21. The maximum Gasteiger partial charge on any atom is 0.272 e. The second-order valence-corrected chi connectivity index (χ2v) is 11.0. The van der Waals surface area contributed by atoms with Crippen LogP contribution in [0.2, 0.25) is 0 Å². The van der Waals surface area contributed by atoms with Gasteiger partial charge >= 0.3 is 0 Å². The summed E-state index contributed by atoms with van der Waals surface area (Å²) < 4.78 is 0. The Labute approximate surface area is 254 Å². The number of nitrogens with zero attached hydrogens (tertiary/aromatic N) is 4. The van der Waals surface area contributed by atoms with Crippen LogP contribution in [0.5, 0.6) is 0 Å². The Hall–Kier alpha value is -4.37. The number of carbonyl (C=O) groups is 3. The molecule has 3 aromatic rings. The third-order valence-corrected chi connectivity index (χ3v) is 7.71. The molecule has 4 rings (SSSR count). The summed E-state index contributed by atoms with van der Waals surface area (Å²) in [5.41, 5.74) is 4.64. The Morgan fingerprint density at radius 1 is 0.953 bits per heavy atom. The van der Waals surface area contributed by atoms with Crippen LogP contribution in [0.25, 0.3) is 0 Å². The lowest BCUT2D eigenvalue weighted by molar-refractivity contribution is -0.130. The first-order chi connectivity index (χ1) is 20.7. The summed E-state index contributed by atoms with van der Waals surface area (Å²) in [7, 11) is 0. The molecule has 2 heterocycles. The van der Waals surface area contributed by atoms with Crippen molar-refractivity contribution in [3.63, 3.8) is 0 Å². The summed E-state index contributed by atoms with van der Waals surface area (Å²) in [6, 6.07) is 20.1. The highest BCUT2D eigenvalue weighted by Gasteiger charge is 2.34. The molecule has 1 aromatic heterocycles. The van der Waals surface area contributed by atoms with Crippen LogP contribution in [0.4, 0.5) is 5.69 Å². The number of likely N-dealkylation sites (N-methyl/N-ethyl adjacent to an activating group) is 1. The first kappa shape index (κ1) is 31.6. The topological polar surface area (TPSA) is 107 Å².